The van der Waals surface area contributed by atoms with Gasteiger partial charge in [-0.2, -0.15) is 0 Å². The van der Waals surface area contributed by atoms with Gasteiger partial charge in [0.15, 0.2) is 0 Å². The Balaban J connectivity index is 2.43. The number of amides is 1. The Morgan fingerprint density at radius 2 is 1.95 bits per heavy atom. The van der Waals surface area contributed by atoms with Gasteiger partial charge in [-0.25, -0.2) is 9.45 Å². The quantitative estimate of drug-likeness (QED) is 0.466. The molecule has 0 saturated heterocycles. The summed E-state index contributed by atoms with van der Waals surface area (Å²) in [7, 11) is 1.23. The van der Waals surface area contributed by atoms with E-state index in [0.717, 1.165) is 14.8 Å². The number of nitrogens with one attached hydrogen (secondary N) is 1. The van der Waals surface area contributed by atoms with Crippen molar-refractivity contribution in [2.24, 2.45) is 0 Å². The van der Waals surface area contributed by atoms with Crippen LogP contribution in [0.4, 0.5) is 15.8 Å². The predicted octanol–water partition coefficient (Wildman–Crippen LogP) is 3.94. The summed E-state index contributed by atoms with van der Waals surface area (Å²) >= 11 is 2.20. The first-order valence-electron chi connectivity index (χ1n) is 6.18. The lowest BCUT2D eigenvalue weighted by Crippen LogP contribution is -2.23. The molecule has 6 heteroatoms. The second-order valence-corrected chi connectivity index (χ2v) is 5.85. The molecule has 0 atom stereocenters. The van der Waals surface area contributed by atoms with Crippen molar-refractivity contribution in [2.45, 2.75) is 6.92 Å². The van der Waals surface area contributed by atoms with E-state index in [1.807, 2.05) is 25.1 Å². The van der Waals surface area contributed by atoms with Crippen molar-refractivity contribution in [3.63, 3.8) is 0 Å². The summed E-state index contributed by atoms with van der Waals surface area (Å²) in [6.45, 7) is 1.92. The van der Waals surface area contributed by atoms with Crippen LogP contribution in [0.25, 0.3) is 0 Å². The number of hydrogen-bond donors (Lipinski definition) is 2. The summed E-state index contributed by atoms with van der Waals surface area (Å²) in [6.07, 6.45) is 0. The highest BCUT2D eigenvalue weighted by atomic mass is 127. The molecule has 0 saturated carbocycles. The van der Waals surface area contributed by atoms with E-state index in [2.05, 4.69) is 27.9 Å². The Hall–Kier alpha value is -1.67. The molecule has 110 valence electrons. The van der Waals surface area contributed by atoms with Gasteiger partial charge >= 0.3 is 0 Å². The Morgan fingerprint density at radius 1 is 1.24 bits per heavy atom. The maximum Gasteiger partial charge on any atom is 0.279 e. The van der Waals surface area contributed by atoms with Crippen LogP contribution in [-0.2, 0) is 0 Å². The van der Waals surface area contributed by atoms with E-state index in [0.29, 0.717) is 10.8 Å². The van der Waals surface area contributed by atoms with Crippen molar-refractivity contribution in [3.05, 3.63) is 56.9 Å². The molecular formula is C15H14FIN2O2. The maximum atomic E-state index is 13.5. The number of carbonyl (C=O) groups is 1. The van der Waals surface area contributed by atoms with Crippen LogP contribution >= 0.6 is 22.6 Å². The fourth-order valence-corrected chi connectivity index (χ4v) is 2.54. The smallest absolute Gasteiger partial charge is 0.279 e. The molecule has 0 heterocycles. The van der Waals surface area contributed by atoms with Crippen molar-refractivity contribution in [2.75, 3.05) is 12.4 Å². The molecule has 2 aromatic rings. The SMILES string of the molecule is Cc1cc(I)ccc1Nc1cc(F)ccc1C(=O)N(C)O. The Bertz CT molecular complexity index is 689. The van der Waals surface area contributed by atoms with E-state index in [4.69, 9.17) is 0 Å². The molecule has 0 unspecified atom stereocenters. The van der Waals surface area contributed by atoms with Gasteiger partial charge in [0.2, 0.25) is 0 Å². The molecule has 21 heavy (non-hydrogen) atoms. The highest BCUT2D eigenvalue weighted by Crippen LogP contribution is 2.26. The number of halogens is 2. The second-order valence-electron chi connectivity index (χ2n) is 4.60. The molecule has 0 aromatic heterocycles. The lowest BCUT2D eigenvalue weighted by Gasteiger charge is -2.15. The van der Waals surface area contributed by atoms with E-state index in [1.165, 1.54) is 25.2 Å². The molecule has 0 aliphatic rings. The number of anilines is 2. The van der Waals surface area contributed by atoms with Gasteiger partial charge in [-0.15, -0.1) is 0 Å². The molecule has 1 amide bonds. The van der Waals surface area contributed by atoms with E-state index in [-0.39, 0.29) is 5.56 Å². The summed E-state index contributed by atoms with van der Waals surface area (Å²) in [5, 5.41) is 12.8. The first-order valence-corrected chi connectivity index (χ1v) is 7.26. The van der Waals surface area contributed by atoms with Crippen molar-refractivity contribution in [3.8, 4) is 0 Å². The van der Waals surface area contributed by atoms with E-state index in [1.54, 1.807) is 0 Å². The molecule has 2 rings (SSSR count). The first kappa shape index (κ1) is 15.7. The average Bonchev–Trinajstić information content (AvgIpc) is 2.41. The first-order chi connectivity index (χ1) is 9.88. The van der Waals surface area contributed by atoms with E-state index in [9.17, 15) is 14.4 Å². The summed E-state index contributed by atoms with van der Waals surface area (Å²) in [5.41, 5.74) is 2.25. The lowest BCUT2D eigenvalue weighted by atomic mass is 10.1. The molecule has 2 aromatic carbocycles. The standard InChI is InChI=1S/C15H14FIN2O2/c1-9-7-11(17)4-6-13(9)18-14-8-10(16)3-5-12(14)15(20)19(2)21/h3-8,18,21H,1-2H3. The third kappa shape index (κ3) is 3.70. The fraction of sp³-hybridized carbons (Fsp3) is 0.133. The predicted molar refractivity (Wildman–Crippen MR) is 87.5 cm³/mol. The van der Waals surface area contributed by atoms with Gasteiger partial charge < -0.3 is 5.32 Å². The second kappa shape index (κ2) is 6.40. The molecule has 0 spiro atoms. The van der Waals surface area contributed by atoms with Crippen LogP contribution in [0.5, 0.6) is 0 Å². The van der Waals surface area contributed by atoms with E-state index >= 15 is 0 Å². The summed E-state index contributed by atoms with van der Waals surface area (Å²) in [6, 6.07) is 9.50. The van der Waals surface area contributed by atoms with Crippen LogP contribution in [0.1, 0.15) is 15.9 Å². The molecule has 4 nitrogen and oxygen atoms in total. The van der Waals surface area contributed by atoms with Crippen LogP contribution in [-0.4, -0.2) is 23.2 Å². The molecule has 0 aliphatic heterocycles. The van der Waals surface area contributed by atoms with Crippen LogP contribution < -0.4 is 5.32 Å². The highest BCUT2D eigenvalue weighted by Gasteiger charge is 2.16. The minimum atomic E-state index is -0.610. The summed E-state index contributed by atoms with van der Waals surface area (Å²) in [4.78, 5) is 11.9. The van der Waals surface area contributed by atoms with Crippen LogP contribution in [0, 0.1) is 16.3 Å². The van der Waals surface area contributed by atoms with Gasteiger partial charge in [0.05, 0.1) is 11.3 Å². The fourth-order valence-electron chi connectivity index (χ4n) is 1.89. The van der Waals surface area contributed by atoms with Gasteiger partial charge in [0.25, 0.3) is 5.91 Å². The number of hydroxylamine groups is 2. The largest absolute Gasteiger partial charge is 0.355 e. The van der Waals surface area contributed by atoms with Gasteiger partial charge in [0, 0.05) is 16.3 Å². The van der Waals surface area contributed by atoms with Crippen LogP contribution in [0.3, 0.4) is 0 Å². The highest BCUT2D eigenvalue weighted by molar-refractivity contribution is 14.1. The minimum Gasteiger partial charge on any atom is -0.355 e. The van der Waals surface area contributed by atoms with Gasteiger partial charge in [0.1, 0.15) is 5.82 Å². The Kier molecular flexibility index (Phi) is 4.79. The minimum absolute atomic E-state index is 0.194. The third-order valence-corrected chi connectivity index (χ3v) is 3.63. The zero-order valence-electron chi connectivity index (χ0n) is 11.5. The Labute approximate surface area is 135 Å². The van der Waals surface area contributed by atoms with Crippen molar-refractivity contribution >= 4 is 39.9 Å². The number of nitrogens with zero attached hydrogens (tertiary/aromatic N) is 1. The summed E-state index contributed by atoms with van der Waals surface area (Å²) < 4.78 is 14.5. The van der Waals surface area contributed by atoms with Gasteiger partial charge in [-0.05, 0) is 71.5 Å². The third-order valence-electron chi connectivity index (χ3n) is 2.96. The monoisotopic (exact) mass is 400 g/mol. The Morgan fingerprint density at radius 3 is 2.57 bits per heavy atom. The molecular weight excluding hydrogens is 386 g/mol. The van der Waals surface area contributed by atoms with Crippen molar-refractivity contribution in [1.82, 2.24) is 5.06 Å². The molecule has 0 radical (unpaired) electrons. The molecule has 2 N–H and O–H groups in total. The number of aryl methyl sites for hydroxylation is 1. The molecule has 0 aliphatic carbocycles. The number of benzene rings is 2. The molecule has 0 bridgehead atoms. The van der Waals surface area contributed by atoms with Gasteiger partial charge in [-0.1, -0.05) is 0 Å². The van der Waals surface area contributed by atoms with Crippen LogP contribution in [0.15, 0.2) is 36.4 Å². The van der Waals surface area contributed by atoms with Gasteiger partial charge in [-0.3, -0.25) is 10.0 Å². The topological polar surface area (TPSA) is 52.6 Å². The maximum absolute atomic E-state index is 13.5. The lowest BCUT2D eigenvalue weighted by molar-refractivity contribution is -0.0374. The molecule has 0 fully saturated rings. The van der Waals surface area contributed by atoms with Crippen molar-refractivity contribution < 1.29 is 14.4 Å². The zero-order valence-corrected chi connectivity index (χ0v) is 13.7. The number of rotatable bonds is 3. The van der Waals surface area contributed by atoms with Crippen LogP contribution in [0.2, 0.25) is 0 Å². The normalized spacial score (nSPS) is 10.3. The summed E-state index contributed by atoms with van der Waals surface area (Å²) in [5.74, 6) is -1.07. The zero-order chi connectivity index (χ0) is 15.6. The number of carbonyl (C=O) groups excluding carboxylic acids is 1. The number of hydrogen-bond acceptors (Lipinski definition) is 3. The van der Waals surface area contributed by atoms with E-state index < -0.39 is 11.7 Å². The average molecular weight is 400 g/mol. The van der Waals surface area contributed by atoms with Crippen molar-refractivity contribution in [1.29, 1.82) is 0 Å².